The SMILES string of the molecule is CN/C(=C1\C(=N)CCc2cnc(Nc3ccccc3)nc21)c1ccccc1I. The third-order valence-corrected chi connectivity index (χ3v) is 5.66. The van der Waals surface area contributed by atoms with Gasteiger partial charge in [0.1, 0.15) is 0 Å². The predicted molar refractivity (Wildman–Crippen MR) is 123 cm³/mol. The van der Waals surface area contributed by atoms with E-state index < -0.39 is 0 Å². The van der Waals surface area contributed by atoms with Crippen LogP contribution < -0.4 is 10.6 Å². The molecule has 4 rings (SSSR count). The number of anilines is 2. The Hall–Kier alpha value is -2.74. The standard InChI is InChI=1S/C22H20IN5/c1-25-21(16-9-5-6-10-17(16)23)19-18(24)12-11-14-13-26-22(28-20(14)19)27-15-7-3-2-4-8-15/h2-10,13,24-25H,11-12H2,1H3,(H,26,27,28)/b21-19+,24-18?. The van der Waals surface area contributed by atoms with E-state index in [2.05, 4.69) is 50.3 Å². The number of fused-ring (bicyclic) bond motifs is 1. The molecular weight excluding hydrogens is 461 g/mol. The Morgan fingerprint density at radius 1 is 1.04 bits per heavy atom. The molecule has 1 aliphatic carbocycles. The molecule has 0 aliphatic heterocycles. The minimum Gasteiger partial charge on any atom is -0.387 e. The molecule has 140 valence electrons. The Labute approximate surface area is 178 Å². The van der Waals surface area contributed by atoms with Gasteiger partial charge >= 0.3 is 0 Å². The Morgan fingerprint density at radius 3 is 2.54 bits per heavy atom. The Balaban J connectivity index is 1.85. The highest BCUT2D eigenvalue weighted by Gasteiger charge is 2.25. The Kier molecular flexibility index (Phi) is 5.38. The van der Waals surface area contributed by atoms with E-state index in [1.165, 1.54) is 0 Å². The lowest BCUT2D eigenvalue weighted by Gasteiger charge is -2.23. The van der Waals surface area contributed by atoms with Crippen LogP contribution in [0.4, 0.5) is 11.6 Å². The van der Waals surface area contributed by atoms with E-state index in [0.717, 1.165) is 43.8 Å². The van der Waals surface area contributed by atoms with Crippen LogP contribution in [0.3, 0.4) is 0 Å². The molecule has 3 N–H and O–H groups in total. The van der Waals surface area contributed by atoms with Crippen LogP contribution >= 0.6 is 22.6 Å². The van der Waals surface area contributed by atoms with E-state index in [0.29, 0.717) is 18.1 Å². The average Bonchev–Trinajstić information content (AvgIpc) is 2.72. The zero-order chi connectivity index (χ0) is 19.5. The van der Waals surface area contributed by atoms with Crippen molar-refractivity contribution < 1.29 is 0 Å². The number of rotatable bonds is 4. The van der Waals surface area contributed by atoms with Gasteiger partial charge in [-0.05, 0) is 59.2 Å². The third-order valence-electron chi connectivity index (χ3n) is 4.72. The van der Waals surface area contributed by atoms with Gasteiger partial charge in [-0.25, -0.2) is 9.97 Å². The molecule has 0 amide bonds. The topological polar surface area (TPSA) is 73.7 Å². The lowest BCUT2D eigenvalue weighted by atomic mass is 9.87. The highest BCUT2D eigenvalue weighted by atomic mass is 127. The Bertz CT molecular complexity index is 1060. The highest BCUT2D eigenvalue weighted by molar-refractivity contribution is 14.1. The molecule has 0 saturated heterocycles. The second-order valence-corrected chi connectivity index (χ2v) is 7.68. The van der Waals surface area contributed by atoms with Gasteiger partial charge in [0.15, 0.2) is 0 Å². The van der Waals surface area contributed by atoms with Crippen molar-refractivity contribution >= 4 is 51.2 Å². The van der Waals surface area contributed by atoms with Crippen molar-refractivity contribution in [3.05, 3.63) is 81.2 Å². The quantitative estimate of drug-likeness (QED) is 0.465. The fourth-order valence-electron chi connectivity index (χ4n) is 3.37. The summed E-state index contributed by atoms with van der Waals surface area (Å²) < 4.78 is 1.13. The molecule has 6 heteroatoms. The van der Waals surface area contributed by atoms with Gasteiger partial charge in [-0.1, -0.05) is 36.4 Å². The lowest BCUT2D eigenvalue weighted by Crippen LogP contribution is -2.20. The van der Waals surface area contributed by atoms with Crippen molar-refractivity contribution in [3.8, 4) is 0 Å². The maximum Gasteiger partial charge on any atom is 0.227 e. The van der Waals surface area contributed by atoms with Crippen LogP contribution in [0.15, 0.2) is 60.8 Å². The first-order valence-electron chi connectivity index (χ1n) is 9.10. The second kappa shape index (κ2) is 8.10. The monoisotopic (exact) mass is 481 g/mol. The van der Waals surface area contributed by atoms with Crippen molar-refractivity contribution in [1.82, 2.24) is 15.3 Å². The maximum atomic E-state index is 8.64. The van der Waals surface area contributed by atoms with Crippen LogP contribution in [-0.2, 0) is 6.42 Å². The van der Waals surface area contributed by atoms with Gasteiger partial charge < -0.3 is 16.0 Å². The number of hydrogen-bond acceptors (Lipinski definition) is 5. The summed E-state index contributed by atoms with van der Waals surface area (Å²) in [5, 5.41) is 15.2. The second-order valence-electron chi connectivity index (χ2n) is 6.52. The van der Waals surface area contributed by atoms with Crippen molar-refractivity contribution in [2.24, 2.45) is 0 Å². The van der Waals surface area contributed by atoms with E-state index in [9.17, 15) is 0 Å². The van der Waals surface area contributed by atoms with Gasteiger partial charge in [-0.15, -0.1) is 0 Å². The van der Waals surface area contributed by atoms with E-state index in [1.807, 2.05) is 55.7 Å². The first-order chi connectivity index (χ1) is 13.7. The fourth-order valence-corrected chi connectivity index (χ4v) is 4.03. The largest absolute Gasteiger partial charge is 0.387 e. The predicted octanol–water partition coefficient (Wildman–Crippen LogP) is 4.88. The smallest absolute Gasteiger partial charge is 0.227 e. The number of allylic oxidation sites excluding steroid dienone is 1. The van der Waals surface area contributed by atoms with Gasteiger partial charge in [0.2, 0.25) is 5.95 Å². The van der Waals surface area contributed by atoms with E-state index >= 15 is 0 Å². The van der Waals surface area contributed by atoms with Crippen molar-refractivity contribution in [2.75, 3.05) is 12.4 Å². The number of benzene rings is 2. The fraction of sp³-hybridized carbons (Fsp3) is 0.136. The number of para-hydroxylation sites is 1. The van der Waals surface area contributed by atoms with Gasteiger partial charge in [-0.2, -0.15) is 0 Å². The van der Waals surface area contributed by atoms with Crippen molar-refractivity contribution in [2.45, 2.75) is 12.8 Å². The zero-order valence-electron chi connectivity index (χ0n) is 15.5. The number of nitrogens with one attached hydrogen (secondary N) is 3. The summed E-state index contributed by atoms with van der Waals surface area (Å²) in [6, 6.07) is 18.1. The van der Waals surface area contributed by atoms with E-state index in [1.54, 1.807) is 0 Å². The molecule has 0 atom stereocenters. The van der Waals surface area contributed by atoms with Crippen LogP contribution in [0, 0.1) is 8.98 Å². The average molecular weight is 481 g/mol. The Morgan fingerprint density at radius 2 is 1.79 bits per heavy atom. The summed E-state index contributed by atoms with van der Waals surface area (Å²) >= 11 is 2.33. The molecule has 0 saturated carbocycles. The first-order valence-corrected chi connectivity index (χ1v) is 10.2. The summed E-state index contributed by atoms with van der Waals surface area (Å²) in [6.07, 6.45) is 3.35. The van der Waals surface area contributed by atoms with Gasteiger partial charge in [-0.3, -0.25) is 0 Å². The summed E-state index contributed by atoms with van der Waals surface area (Å²) in [5.41, 5.74) is 6.30. The first kappa shape index (κ1) is 18.6. The molecular formula is C22H20IN5. The zero-order valence-corrected chi connectivity index (χ0v) is 17.6. The molecule has 1 heterocycles. The molecule has 2 aromatic carbocycles. The molecule has 0 fully saturated rings. The molecule has 0 radical (unpaired) electrons. The van der Waals surface area contributed by atoms with Crippen molar-refractivity contribution in [3.63, 3.8) is 0 Å². The summed E-state index contributed by atoms with van der Waals surface area (Å²) in [6.45, 7) is 0. The third kappa shape index (κ3) is 3.64. The van der Waals surface area contributed by atoms with Crippen LogP contribution in [0.5, 0.6) is 0 Å². The summed E-state index contributed by atoms with van der Waals surface area (Å²) in [5.74, 6) is 0.537. The molecule has 0 spiro atoms. The van der Waals surface area contributed by atoms with E-state index in [4.69, 9.17) is 10.4 Å². The molecule has 5 nitrogen and oxygen atoms in total. The molecule has 28 heavy (non-hydrogen) atoms. The number of halogens is 1. The number of aryl methyl sites for hydroxylation is 1. The lowest BCUT2D eigenvalue weighted by molar-refractivity contribution is 0.954. The van der Waals surface area contributed by atoms with Crippen LogP contribution in [0.1, 0.15) is 23.2 Å². The van der Waals surface area contributed by atoms with Gasteiger partial charge in [0, 0.05) is 39.4 Å². The van der Waals surface area contributed by atoms with Crippen LogP contribution in [0.25, 0.3) is 11.3 Å². The minimum atomic E-state index is 0.537. The molecule has 1 aromatic heterocycles. The van der Waals surface area contributed by atoms with Gasteiger partial charge in [0.05, 0.1) is 11.4 Å². The number of hydrogen-bond donors (Lipinski definition) is 3. The highest BCUT2D eigenvalue weighted by Crippen LogP contribution is 2.34. The number of aromatic nitrogens is 2. The molecule has 3 aromatic rings. The minimum absolute atomic E-state index is 0.537. The van der Waals surface area contributed by atoms with E-state index in [-0.39, 0.29) is 0 Å². The van der Waals surface area contributed by atoms with Crippen LogP contribution in [-0.4, -0.2) is 22.7 Å². The van der Waals surface area contributed by atoms with Crippen molar-refractivity contribution in [1.29, 1.82) is 5.41 Å². The molecule has 1 aliphatic rings. The number of nitrogens with zero attached hydrogens (tertiary/aromatic N) is 2. The van der Waals surface area contributed by atoms with Crippen LogP contribution in [0.2, 0.25) is 0 Å². The molecule has 0 bridgehead atoms. The van der Waals surface area contributed by atoms with Gasteiger partial charge in [0.25, 0.3) is 0 Å². The summed E-state index contributed by atoms with van der Waals surface area (Å²) in [4.78, 5) is 9.29. The summed E-state index contributed by atoms with van der Waals surface area (Å²) in [7, 11) is 1.90. The normalized spacial score (nSPS) is 15.0. The molecule has 0 unspecified atom stereocenters. The maximum absolute atomic E-state index is 8.64.